The van der Waals surface area contributed by atoms with E-state index < -0.39 is 11.7 Å². The molecule has 2 aromatic rings. The number of hydrogen-bond acceptors (Lipinski definition) is 5. The Morgan fingerprint density at radius 1 is 1.30 bits per heavy atom. The van der Waals surface area contributed by atoms with Gasteiger partial charge in [-0.15, -0.1) is 11.3 Å². The van der Waals surface area contributed by atoms with Gasteiger partial charge < -0.3 is 10.2 Å². The number of piperidine rings is 1. The molecule has 2 aromatic heterocycles. The maximum absolute atomic E-state index is 12.8. The SMILES string of the molecule is C[C@@H]1CCc2nc(NC(=O)C3CCN(c4ncc(C(F)(F)F)cc4Cl)CC3)sc2C1. The van der Waals surface area contributed by atoms with Crippen LogP contribution in [0, 0.1) is 11.8 Å². The third kappa shape index (κ3) is 4.56. The van der Waals surface area contributed by atoms with Crippen LogP contribution in [0.2, 0.25) is 5.02 Å². The second kappa shape index (κ2) is 8.34. The minimum Gasteiger partial charge on any atom is -0.355 e. The third-order valence-corrected chi connectivity index (χ3v) is 7.04. The van der Waals surface area contributed by atoms with Crippen molar-refractivity contribution < 1.29 is 18.0 Å². The van der Waals surface area contributed by atoms with Crippen molar-refractivity contribution in [2.24, 2.45) is 11.8 Å². The van der Waals surface area contributed by atoms with Crippen LogP contribution in [0.4, 0.5) is 24.1 Å². The molecule has 30 heavy (non-hydrogen) atoms. The minimum atomic E-state index is -4.48. The average molecular weight is 459 g/mol. The van der Waals surface area contributed by atoms with Crippen LogP contribution in [0.1, 0.15) is 42.3 Å². The van der Waals surface area contributed by atoms with E-state index in [-0.39, 0.29) is 16.8 Å². The number of fused-ring (bicyclic) bond motifs is 1. The number of carbonyl (C=O) groups excluding carboxylic acids is 1. The molecule has 1 saturated heterocycles. The zero-order valence-electron chi connectivity index (χ0n) is 16.4. The molecule has 0 radical (unpaired) electrons. The molecule has 1 aliphatic carbocycles. The number of nitrogens with zero attached hydrogens (tertiary/aromatic N) is 3. The number of aryl methyl sites for hydroxylation is 1. The lowest BCUT2D eigenvalue weighted by molar-refractivity contribution is -0.137. The number of aromatic nitrogens is 2. The van der Waals surface area contributed by atoms with Crippen LogP contribution in [-0.2, 0) is 23.8 Å². The highest BCUT2D eigenvalue weighted by molar-refractivity contribution is 7.15. The fourth-order valence-corrected chi connectivity index (χ4v) is 5.43. The predicted molar refractivity (Wildman–Crippen MR) is 111 cm³/mol. The summed E-state index contributed by atoms with van der Waals surface area (Å²) in [5.41, 5.74) is 0.234. The summed E-state index contributed by atoms with van der Waals surface area (Å²) in [5.74, 6) is 0.747. The second-order valence-electron chi connectivity index (χ2n) is 8.01. The van der Waals surface area contributed by atoms with Crippen LogP contribution in [0.5, 0.6) is 0 Å². The van der Waals surface area contributed by atoms with Crippen LogP contribution in [0.3, 0.4) is 0 Å². The lowest BCUT2D eigenvalue weighted by Crippen LogP contribution is -2.38. The molecule has 3 heterocycles. The van der Waals surface area contributed by atoms with E-state index in [1.165, 1.54) is 4.88 Å². The van der Waals surface area contributed by atoms with Crippen molar-refractivity contribution in [1.29, 1.82) is 0 Å². The molecule has 0 unspecified atom stereocenters. The molecule has 2 aliphatic rings. The number of nitrogens with one attached hydrogen (secondary N) is 1. The van der Waals surface area contributed by atoms with Crippen LogP contribution in [0.15, 0.2) is 12.3 Å². The van der Waals surface area contributed by atoms with Crippen molar-refractivity contribution in [2.75, 3.05) is 23.3 Å². The van der Waals surface area contributed by atoms with E-state index in [1.54, 1.807) is 11.3 Å². The molecule has 4 rings (SSSR count). The molecule has 1 N–H and O–H groups in total. The average Bonchev–Trinajstić information content (AvgIpc) is 3.08. The van der Waals surface area contributed by atoms with Gasteiger partial charge in [0.25, 0.3) is 0 Å². The fraction of sp³-hybridized carbons (Fsp3) is 0.550. The molecule has 0 aromatic carbocycles. The Labute approximate surface area is 181 Å². The largest absolute Gasteiger partial charge is 0.417 e. The van der Waals surface area contributed by atoms with E-state index in [4.69, 9.17) is 11.6 Å². The Morgan fingerprint density at radius 3 is 2.70 bits per heavy atom. The summed E-state index contributed by atoms with van der Waals surface area (Å²) in [6.07, 6.45) is 0.575. The predicted octanol–water partition coefficient (Wildman–Crippen LogP) is 5.19. The summed E-state index contributed by atoms with van der Waals surface area (Å²) in [6.45, 7) is 3.23. The van der Waals surface area contributed by atoms with Crippen molar-refractivity contribution in [2.45, 2.75) is 45.2 Å². The lowest BCUT2D eigenvalue weighted by atomic mass is 9.93. The monoisotopic (exact) mass is 458 g/mol. The molecule has 10 heteroatoms. The zero-order chi connectivity index (χ0) is 21.5. The van der Waals surface area contributed by atoms with Gasteiger partial charge in [-0.3, -0.25) is 4.79 Å². The Hall–Kier alpha value is -1.87. The first-order valence-corrected chi connectivity index (χ1v) is 11.2. The number of amides is 1. The van der Waals surface area contributed by atoms with Gasteiger partial charge in [-0.1, -0.05) is 18.5 Å². The van der Waals surface area contributed by atoms with E-state index in [1.807, 2.05) is 4.90 Å². The van der Waals surface area contributed by atoms with Gasteiger partial charge in [0.2, 0.25) is 5.91 Å². The molecule has 0 bridgehead atoms. The summed E-state index contributed by atoms with van der Waals surface area (Å²) >= 11 is 7.61. The number of halogens is 4. The van der Waals surface area contributed by atoms with Crippen molar-refractivity contribution in [3.05, 3.63) is 33.4 Å². The number of rotatable bonds is 3. The van der Waals surface area contributed by atoms with E-state index in [0.717, 1.165) is 37.2 Å². The Kier molecular flexibility index (Phi) is 5.94. The van der Waals surface area contributed by atoms with Crippen LogP contribution < -0.4 is 10.2 Å². The Bertz CT molecular complexity index is 941. The second-order valence-corrected chi connectivity index (χ2v) is 9.51. The maximum Gasteiger partial charge on any atom is 0.417 e. The van der Waals surface area contributed by atoms with Gasteiger partial charge in [0.1, 0.15) is 5.82 Å². The van der Waals surface area contributed by atoms with Gasteiger partial charge in [0.15, 0.2) is 5.13 Å². The van der Waals surface area contributed by atoms with Crippen LogP contribution >= 0.6 is 22.9 Å². The van der Waals surface area contributed by atoms with Crippen molar-refractivity contribution in [1.82, 2.24) is 9.97 Å². The topological polar surface area (TPSA) is 58.1 Å². The first kappa shape index (κ1) is 21.4. The molecule has 1 fully saturated rings. The van der Waals surface area contributed by atoms with E-state index in [9.17, 15) is 18.0 Å². The fourth-order valence-electron chi connectivity index (χ4n) is 3.97. The van der Waals surface area contributed by atoms with Gasteiger partial charge in [-0.25, -0.2) is 9.97 Å². The maximum atomic E-state index is 12.8. The van der Waals surface area contributed by atoms with E-state index in [2.05, 4.69) is 22.2 Å². The minimum absolute atomic E-state index is 0.0321. The number of thiazole rings is 1. The smallest absolute Gasteiger partial charge is 0.355 e. The van der Waals surface area contributed by atoms with Gasteiger partial charge >= 0.3 is 6.18 Å². The van der Waals surface area contributed by atoms with Crippen LogP contribution in [-0.4, -0.2) is 29.0 Å². The molecule has 162 valence electrons. The normalized spacial score (nSPS) is 20.2. The molecule has 1 amide bonds. The molecule has 0 saturated carbocycles. The molecular weight excluding hydrogens is 437 g/mol. The van der Waals surface area contributed by atoms with Gasteiger partial charge in [-0.2, -0.15) is 13.2 Å². The van der Waals surface area contributed by atoms with Crippen molar-refractivity contribution in [3.8, 4) is 0 Å². The zero-order valence-corrected chi connectivity index (χ0v) is 18.0. The summed E-state index contributed by atoms with van der Waals surface area (Å²) < 4.78 is 38.4. The highest BCUT2D eigenvalue weighted by Crippen LogP contribution is 2.35. The summed E-state index contributed by atoms with van der Waals surface area (Å²) in [4.78, 5) is 24.3. The molecule has 1 aliphatic heterocycles. The summed E-state index contributed by atoms with van der Waals surface area (Å²) in [6, 6.07) is 0.897. The standard InChI is InChI=1S/C20H22ClF3N4OS/c1-11-2-3-15-16(8-11)30-19(26-15)27-18(29)12-4-6-28(7-5-12)17-14(21)9-13(10-25-17)20(22,23)24/h9-12H,2-8H2,1H3,(H,26,27,29)/t11-/m1/s1. The number of carbonyl (C=O) groups is 1. The molecule has 1 atom stereocenters. The number of anilines is 2. The summed E-state index contributed by atoms with van der Waals surface area (Å²) in [7, 11) is 0. The van der Waals surface area contributed by atoms with E-state index in [0.29, 0.717) is 42.8 Å². The van der Waals surface area contributed by atoms with Crippen molar-refractivity contribution >= 4 is 39.8 Å². The number of alkyl halides is 3. The summed E-state index contributed by atoms with van der Waals surface area (Å²) in [5, 5.41) is 3.59. The molecule has 0 spiro atoms. The Morgan fingerprint density at radius 2 is 2.03 bits per heavy atom. The first-order chi connectivity index (χ1) is 14.2. The van der Waals surface area contributed by atoms with Gasteiger partial charge in [0, 0.05) is 30.1 Å². The van der Waals surface area contributed by atoms with Crippen molar-refractivity contribution in [3.63, 3.8) is 0 Å². The van der Waals surface area contributed by atoms with Gasteiger partial charge in [0.05, 0.1) is 16.3 Å². The highest BCUT2D eigenvalue weighted by atomic mass is 35.5. The Balaban J connectivity index is 1.35. The quantitative estimate of drug-likeness (QED) is 0.687. The molecule has 5 nitrogen and oxygen atoms in total. The lowest BCUT2D eigenvalue weighted by Gasteiger charge is -2.32. The highest BCUT2D eigenvalue weighted by Gasteiger charge is 2.33. The van der Waals surface area contributed by atoms with E-state index >= 15 is 0 Å². The van der Waals surface area contributed by atoms with Crippen LogP contribution in [0.25, 0.3) is 0 Å². The first-order valence-electron chi connectivity index (χ1n) is 9.98. The number of pyridine rings is 1. The third-order valence-electron chi connectivity index (χ3n) is 5.73. The van der Waals surface area contributed by atoms with Gasteiger partial charge in [-0.05, 0) is 44.1 Å². The molecular formula is C20H22ClF3N4OS. The number of hydrogen-bond donors (Lipinski definition) is 1.